The van der Waals surface area contributed by atoms with E-state index in [0.29, 0.717) is 13.1 Å². The van der Waals surface area contributed by atoms with Gasteiger partial charge in [0.15, 0.2) is 5.82 Å². The maximum Gasteiger partial charge on any atom is 0.155 e. The lowest BCUT2D eigenvalue weighted by Gasteiger charge is -2.05. The summed E-state index contributed by atoms with van der Waals surface area (Å²) < 4.78 is 1.76. The Hall–Kier alpha value is -1.75. The number of aromatic nitrogens is 4. The highest BCUT2D eigenvalue weighted by Gasteiger charge is 2.06. The van der Waals surface area contributed by atoms with E-state index >= 15 is 0 Å². The van der Waals surface area contributed by atoms with Crippen LogP contribution in [0.1, 0.15) is 22.5 Å². The number of hydrogen-bond donors (Lipinski definition) is 1. The van der Waals surface area contributed by atoms with Crippen molar-refractivity contribution in [2.45, 2.75) is 26.8 Å². The lowest BCUT2D eigenvalue weighted by molar-refractivity contribution is 0.578. The Labute approximate surface area is 101 Å². The molecular weight excluding hydrogens is 214 g/mol. The molecule has 0 spiro atoms. The quantitative estimate of drug-likeness (QED) is 0.846. The van der Waals surface area contributed by atoms with E-state index in [1.807, 2.05) is 0 Å². The number of benzene rings is 1. The van der Waals surface area contributed by atoms with Crippen molar-refractivity contribution in [2.75, 3.05) is 6.54 Å². The highest BCUT2D eigenvalue weighted by molar-refractivity contribution is 5.30. The predicted molar refractivity (Wildman–Crippen MR) is 65.6 cm³/mol. The number of hydrogen-bond acceptors (Lipinski definition) is 4. The van der Waals surface area contributed by atoms with Gasteiger partial charge in [-0.1, -0.05) is 29.3 Å². The molecule has 0 saturated heterocycles. The molecule has 5 nitrogen and oxygen atoms in total. The summed E-state index contributed by atoms with van der Waals surface area (Å²) in [6.07, 6.45) is 0.746. The van der Waals surface area contributed by atoms with Crippen LogP contribution in [0.25, 0.3) is 0 Å². The van der Waals surface area contributed by atoms with E-state index in [-0.39, 0.29) is 0 Å². The Morgan fingerprint density at radius 3 is 2.53 bits per heavy atom. The van der Waals surface area contributed by atoms with Gasteiger partial charge in [-0.15, -0.1) is 5.10 Å². The molecule has 0 atom stereocenters. The first-order chi connectivity index (χ1) is 8.19. The molecular formula is C12H17N5. The molecule has 0 amide bonds. The van der Waals surface area contributed by atoms with Crippen LogP contribution >= 0.6 is 0 Å². The number of nitrogens with zero attached hydrogens (tertiary/aromatic N) is 4. The van der Waals surface area contributed by atoms with Gasteiger partial charge in [0.05, 0.1) is 6.54 Å². The molecule has 1 heterocycles. The normalized spacial score (nSPS) is 10.8. The van der Waals surface area contributed by atoms with Crippen LogP contribution in [0.3, 0.4) is 0 Å². The molecule has 0 unspecified atom stereocenters. The third-order valence-corrected chi connectivity index (χ3v) is 2.59. The topological polar surface area (TPSA) is 69.6 Å². The number of nitrogens with two attached hydrogens (primary N) is 1. The zero-order chi connectivity index (χ0) is 12.3. The van der Waals surface area contributed by atoms with Crippen LogP contribution in [-0.2, 0) is 13.0 Å². The molecule has 5 heteroatoms. The van der Waals surface area contributed by atoms with Crippen molar-refractivity contribution in [1.82, 2.24) is 20.2 Å². The average Bonchev–Trinajstić information content (AvgIpc) is 2.65. The summed E-state index contributed by atoms with van der Waals surface area (Å²) in [6, 6.07) is 6.48. The van der Waals surface area contributed by atoms with E-state index in [4.69, 9.17) is 5.73 Å². The van der Waals surface area contributed by atoms with Gasteiger partial charge in [-0.25, -0.2) is 4.68 Å². The molecule has 0 radical (unpaired) electrons. The third kappa shape index (κ3) is 2.88. The lowest BCUT2D eigenvalue weighted by Crippen LogP contribution is -2.14. The monoisotopic (exact) mass is 231 g/mol. The van der Waals surface area contributed by atoms with Gasteiger partial charge in [0.25, 0.3) is 0 Å². The SMILES string of the molecule is Cc1cc(C)cc(Cc2nnnn2CCN)c1. The van der Waals surface area contributed by atoms with Gasteiger partial charge >= 0.3 is 0 Å². The summed E-state index contributed by atoms with van der Waals surface area (Å²) in [5.41, 5.74) is 9.27. The number of aryl methyl sites for hydroxylation is 2. The molecule has 0 bridgehead atoms. The van der Waals surface area contributed by atoms with Crippen LogP contribution < -0.4 is 5.73 Å². The molecule has 2 rings (SSSR count). The van der Waals surface area contributed by atoms with Crippen molar-refractivity contribution < 1.29 is 0 Å². The van der Waals surface area contributed by atoms with Gasteiger partial charge in [0.2, 0.25) is 0 Å². The Balaban J connectivity index is 2.22. The van der Waals surface area contributed by atoms with Crippen molar-refractivity contribution in [3.05, 3.63) is 40.7 Å². The van der Waals surface area contributed by atoms with Crippen LogP contribution in [0.4, 0.5) is 0 Å². The largest absolute Gasteiger partial charge is 0.329 e. The average molecular weight is 231 g/mol. The standard InChI is InChI=1S/C12H17N5/c1-9-5-10(2)7-11(6-9)8-12-14-15-16-17(12)4-3-13/h5-7H,3-4,8,13H2,1-2H3. The van der Waals surface area contributed by atoms with Crippen molar-refractivity contribution in [2.24, 2.45) is 5.73 Å². The molecule has 90 valence electrons. The zero-order valence-electron chi connectivity index (χ0n) is 10.2. The van der Waals surface area contributed by atoms with Crippen molar-refractivity contribution in [1.29, 1.82) is 0 Å². The second-order valence-electron chi connectivity index (χ2n) is 4.28. The van der Waals surface area contributed by atoms with Gasteiger partial charge in [-0.3, -0.25) is 0 Å². The summed E-state index contributed by atoms with van der Waals surface area (Å²) in [4.78, 5) is 0. The molecule has 2 aromatic rings. The minimum absolute atomic E-state index is 0.547. The fourth-order valence-corrected chi connectivity index (χ4v) is 2.00. The second-order valence-corrected chi connectivity index (χ2v) is 4.28. The first-order valence-electron chi connectivity index (χ1n) is 5.71. The summed E-state index contributed by atoms with van der Waals surface area (Å²) in [5, 5.41) is 11.6. The summed E-state index contributed by atoms with van der Waals surface area (Å²) in [5.74, 6) is 0.862. The minimum Gasteiger partial charge on any atom is -0.329 e. The second kappa shape index (κ2) is 5.05. The van der Waals surface area contributed by atoms with Crippen LogP contribution in [0, 0.1) is 13.8 Å². The predicted octanol–water partition coefficient (Wildman–Crippen LogP) is 0.839. The maximum atomic E-state index is 5.51. The Morgan fingerprint density at radius 1 is 1.18 bits per heavy atom. The Bertz CT molecular complexity index is 483. The van der Waals surface area contributed by atoms with Crippen LogP contribution in [0.5, 0.6) is 0 Å². The smallest absolute Gasteiger partial charge is 0.155 e. The molecule has 0 aliphatic rings. The fourth-order valence-electron chi connectivity index (χ4n) is 2.00. The first-order valence-corrected chi connectivity index (χ1v) is 5.71. The molecule has 0 fully saturated rings. The Morgan fingerprint density at radius 2 is 1.88 bits per heavy atom. The first kappa shape index (κ1) is 11.7. The minimum atomic E-state index is 0.547. The summed E-state index contributed by atoms with van der Waals surface area (Å²) in [7, 11) is 0. The fraction of sp³-hybridized carbons (Fsp3) is 0.417. The molecule has 1 aromatic carbocycles. The highest BCUT2D eigenvalue weighted by atomic mass is 15.5. The zero-order valence-corrected chi connectivity index (χ0v) is 10.2. The third-order valence-electron chi connectivity index (χ3n) is 2.59. The van der Waals surface area contributed by atoms with E-state index in [9.17, 15) is 0 Å². The van der Waals surface area contributed by atoms with Crippen molar-refractivity contribution in [3.8, 4) is 0 Å². The van der Waals surface area contributed by atoms with Crippen LogP contribution in [0.15, 0.2) is 18.2 Å². The molecule has 1 aromatic heterocycles. The van der Waals surface area contributed by atoms with Crippen molar-refractivity contribution >= 4 is 0 Å². The van der Waals surface area contributed by atoms with E-state index < -0.39 is 0 Å². The van der Waals surface area contributed by atoms with Gasteiger partial charge < -0.3 is 5.73 Å². The summed E-state index contributed by atoms with van der Waals surface area (Å²) in [6.45, 7) is 5.40. The number of rotatable bonds is 4. The van der Waals surface area contributed by atoms with E-state index in [1.54, 1.807) is 4.68 Å². The van der Waals surface area contributed by atoms with Crippen molar-refractivity contribution in [3.63, 3.8) is 0 Å². The van der Waals surface area contributed by atoms with Gasteiger partial charge in [-0.2, -0.15) is 0 Å². The molecule has 17 heavy (non-hydrogen) atoms. The van der Waals surface area contributed by atoms with Gasteiger partial charge in [0.1, 0.15) is 0 Å². The highest BCUT2D eigenvalue weighted by Crippen LogP contribution is 2.12. The van der Waals surface area contributed by atoms with Gasteiger partial charge in [-0.05, 0) is 29.8 Å². The molecule has 0 aliphatic carbocycles. The Kier molecular flexibility index (Phi) is 3.49. The molecule has 2 N–H and O–H groups in total. The van der Waals surface area contributed by atoms with Crippen LogP contribution in [0.2, 0.25) is 0 Å². The van der Waals surface area contributed by atoms with Gasteiger partial charge in [0, 0.05) is 13.0 Å². The lowest BCUT2D eigenvalue weighted by atomic mass is 10.0. The van der Waals surface area contributed by atoms with E-state index in [1.165, 1.54) is 16.7 Å². The molecule has 0 saturated carbocycles. The molecule has 0 aliphatic heterocycles. The maximum absolute atomic E-state index is 5.51. The van der Waals surface area contributed by atoms with Crippen LogP contribution in [-0.4, -0.2) is 26.8 Å². The number of tetrazole rings is 1. The van der Waals surface area contributed by atoms with E-state index in [0.717, 1.165) is 12.2 Å². The van der Waals surface area contributed by atoms with E-state index in [2.05, 4.69) is 47.6 Å². The summed E-state index contributed by atoms with van der Waals surface area (Å²) >= 11 is 0.